The molecule has 8 heteroatoms. The number of para-hydroxylation sites is 2. The molecule has 1 saturated heterocycles. The van der Waals surface area contributed by atoms with E-state index >= 15 is 0 Å². The fourth-order valence-electron chi connectivity index (χ4n) is 3.59. The first-order chi connectivity index (χ1) is 13.6. The van der Waals surface area contributed by atoms with Gasteiger partial charge in [-0.1, -0.05) is 12.1 Å². The van der Waals surface area contributed by atoms with Crippen molar-refractivity contribution in [3.8, 4) is 5.75 Å². The van der Waals surface area contributed by atoms with E-state index in [-0.39, 0.29) is 12.5 Å². The summed E-state index contributed by atoms with van der Waals surface area (Å²) in [5.74, 6) is -0.210. The first-order valence-electron chi connectivity index (χ1n) is 9.55. The molecule has 0 bridgehead atoms. The number of benzene rings is 1. The van der Waals surface area contributed by atoms with Crippen molar-refractivity contribution in [2.45, 2.75) is 51.0 Å². The number of aliphatic carboxylic acids is 1. The molecule has 150 valence electrons. The molecule has 0 amide bonds. The Kier molecular flexibility index (Phi) is 5.79. The summed E-state index contributed by atoms with van der Waals surface area (Å²) in [7, 11) is 0. The average molecular weight is 404 g/mol. The molecule has 3 heterocycles. The van der Waals surface area contributed by atoms with Crippen LogP contribution in [0.15, 0.2) is 30.5 Å². The van der Waals surface area contributed by atoms with Crippen LogP contribution in [0, 0.1) is 6.92 Å². The fourth-order valence-corrected chi connectivity index (χ4v) is 4.43. The highest BCUT2D eigenvalue weighted by molar-refractivity contribution is 7.15. The smallest absolute Gasteiger partial charge is 0.333 e. The van der Waals surface area contributed by atoms with E-state index in [9.17, 15) is 9.90 Å². The first-order valence-corrected chi connectivity index (χ1v) is 10.4. The Morgan fingerprint density at radius 1 is 1.43 bits per heavy atom. The van der Waals surface area contributed by atoms with Crippen LogP contribution in [-0.2, 0) is 14.3 Å². The van der Waals surface area contributed by atoms with E-state index in [1.807, 2.05) is 37.4 Å². The molecule has 0 saturated carbocycles. The molecule has 3 atom stereocenters. The van der Waals surface area contributed by atoms with Crippen molar-refractivity contribution in [3.63, 3.8) is 0 Å². The van der Waals surface area contributed by atoms with Gasteiger partial charge in [-0.15, -0.1) is 11.3 Å². The Hall–Kier alpha value is -2.16. The van der Waals surface area contributed by atoms with Gasteiger partial charge in [0.25, 0.3) is 0 Å². The standard InChI is InChI=1S/C20H24N2O5S/c1-13-11-21-20(28-13)22-14(12-26-16-7-3-2-6-15(16)22)10-17(19(23)24)27-18-8-4-5-9-25-18/h2-3,6-7,11,14,17-18H,4-5,8-10,12H2,1H3,(H,23,24)/t14?,17?,18-/m0/s1. The van der Waals surface area contributed by atoms with Gasteiger partial charge in [-0.3, -0.25) is 0 Å². The van der Waals surface area contributed by atoms with Crippen LogP contribution < -0.4 is 9.64 Å². The van der Waals surface area contributed by atoms with Crippen LogP contribution in [0.5, 0.6) is 5.75 Å². The van der Waals surface area contributed by atoms with Gasteiger partial charge in [-0.05, 0) is 38.3 Å². The average Bonchev–Trinajstić information content (AvgIpc) is 3.13. The van der Waals surface area contributed by atoms with Crippen molar-refractivity contribution in [3.05, 3.63) is 35.3 Å². The number of carbonyl (C=O) groups is 1. The van der Waals surface area contributed by atoms with Crippen LogP contribution in [0.2, 0.25) is 0 Å². The zero-order valence-electron chi connectivity index (χ0n) is 15.7. The Balaban J connectivity index is 1.58. The first kappa shape index (κ1) is 19.2. The highest BCUT2D eigenvalue weighted by atomic mass is 32.1. The van der Waals surface area contributed by atoms with Crippen molar-refractivity contribution in [2.75, 3.05) is 18.1 Å². The van der Waals surface area contributed by atoms with Crippen LogP contribution in [0.1, 0.15) is 30.6 Å². The Morgan fingerprint density at radius 2 is 2.29 bits per heavy atom. The molecule has 0 radical (unpaired) electrons. The van der Waals surface area contributed by atoms with Crippen molar-refractivity contribution in [1.82, 2.24) is 4.98 Å². The molecule has 2 aliphatic rings. The maximum absolute atomic E-state index is 11.9. The second kappa shape index (κ2) is 8.46. The van der Waals surface area contributed by atoms with Gasteiger partial charge in [0.1, 0.15) is 12.4 Å². The maximum Gasteiger partial charge on any atom is 0.333 e. The minimum absolute atomic E-state index is 0.204. The number of carboxylic acids is 1. The van der Waals surface area contributed by atoms with Crippen molar-refractivity contribution in [2.24, 2.45) is 0 Å². The van der Waals surface area contributed by atoms with Gasteiger partial charge in [0.2, 0.25) is 0 Å². The second-order valence-corrected chi connectivity index (χ2v) is 8.26. The molecule has 0 aliphatic carbocycles. The lowest BCUT2D eigenvalue weighted by Crippen LogP contribution is -2.45. The topological polar surface area (TPSA) is 81.1 Å². The third-order valence-electron chi connectivity index (χ3n) is 4.95. The van der Waals surface area contributed by atoms with Gasteiger partial charge in [-0.2, -0.15) is 0 Å². The predicted octanol–water partition coefficient (Wildman–Crippen LogP) is 3.74. The molecule has 1 aromatic carbocycles. The van der Waals surface area contributed by atoms with E-state index in [1.165, 1.54) is 0 Å². The predicted molar refractivity (Wildman–Crippen MR) is 105 cm³/mol. The number of nitrogens with zero attached hydrogens (tertiary/aromatic N) is 2. The van der Waals surface area contributed by atoms with Gasteiger partial charge < -0.3 is 24.2 Å². The largest absolute Gasteiger partial charge is 0.489 e. The summed E-state index contributed by atoms with van der Waals surface area (Å²) in [6, 6.07) is 7.55. The molecule has 2 aromatic rings. The third kappa shape index (κ3) is 4.14. The summed E-state index contributed by atoms with van der Waals surface area (Å²) in [5.41, 5.74) is 0.895. The van der Waals surface area contributed by atoms with Crippen LogP contribution in [0.3, 0.4) is 0 Å². The minimum atomic E-state index is -0.983. The number of thiazole rings is 1. The van der Waals surface area contributed by atoms with Gasteiger partial charge in [0, 0.05) is 24.1 Å². The molecule has 1 fully saturated rings. The van der Waals surface area contributed by atoms with E-state index in [0.717, 1.165) is 40.7 Å². The van der Waals surface area contributed by atoms with Crippen LogP contribution in [-0.4, -0.2) is 47.7 Å². The molecule has 4 rings (SSSR count). The Labute approximate surface area is 167 Å². The number of ether oxygens (including phenoxy) is 3. The van der Waals surface area contributed by atoms with Crippen molar-refractivity contribution in [1.29, 1.82) is 0 Å². The lowest BCUT2D eigenvalue weighted by atomic mass is 10.1. The zero-order chi connectivity index (χ0) is 19.5. The molecule has 1 aromatic heterocycles. The van der Waals surface area contributed by atoms with Crippen LogP contribution in [0.25, 0.3) is 0 Å². The highest BCUT2D eigenvalue weighted by Gasteiger charge is 2.36. The molecule has 0 spiro atoms. The number of aryl methyl sites for hydroxylation is 1. The number of carboxylic acid groups (broad SMARTS) is 1. The number of hydrogen-bond donors (Lipinski definition) is 1. The van der Waals surface area contributed by atoms with Gasteiger partial charge in [0.05, 0.1) is 11.7 Å². The summed E-state index contributed by atoms with van der Waals surface area (Å²) >= 11 is 1.58. The van der Waals surface area contributed by atoms with E-state index in [2.05, 4.69) is 9.88 Å². The normalized spacial score (nSPS) is 23.0. The monoisotopic (exact) mass is 404 g/mol. The molecule has 1 N–H and O–H groups in total. The molecule has 2 aliphatic heterocycles. The summed E-state index contributed by atoms with van der Waals surface area (Å²) in [5, 5.41) is 10.6. The SMILES string of the molecule is Cc1cnc(N2c3ccccc3OCC2CC(O[C@H]2CCCCO2)C(=O)O)s1. The molecular weight excluding hydrogens is 380 g/mol. The summed E-state index contributed by atoms with van der Waals surface area (Å²) in [6.45, 7) is 2.99. The van der Waals surface area contributed by atoms with Crippen LogP contribution >= 0.6 is 11.3 Å². The van der Waals surface area contributed by atoms with Crippen molar-refractivity contribution < 1.29 is 24.1 Å². The highest BCUT2D eigenvalue weighted by Crippen LogP contribution is 2.41. The number of anilines is 2. The lowest BCUT2D eigenvalue weighted by Gasteiger charge is -2.38. The molecule has 7 nitrogen and oxygen atoms in total. The maximum atomic E-state index is 11.9. The number of rotatable bonds is 6. The summed E-state index contributed by atoms with van der Waals surface area (Å²) in [6.07, 6.45) is 3.39. The van der Waals surface area contributed by atoms with E-state index in [1.54, 1.807) is 11.3 Å². The van der Waals surface area contributed by atoms with E-state index < -0.39 is 18.4 Å². The van der Waals surface area contributed by atoms with Crippen LogP contribution in [0.4, 0.5) is 10.8 Å². The van der Waals surface area contributed by atoms with E-state index in [0.29, 0.717) is 13.2 Å². The van der Waals surface area contributed by atoms with Gasteiger partial charge >= 0.3 is 5.97 Å². The van der Waals surface area contributed by atoms with Gasteiger partial charge in [-0.25, -0.2) is 9.78 Å². The third-order valence-corrected chi connectivity index (χ3v) is 5.86. The quantitative estimate of drug-likeness (QED) is 0.785. The summed E-state index contributed by atoms with van der Waals surface area (Å²) < 4.78 is 17.3. The van der Waals surface area contributed by atoms with Gasteiger partial charge in [0.15, 0.2) is 17.5 Å². The fraction of sp³-hybridized carbons (Fsp3) is 0.500. The zero-order valence-corrected chi connectivity index (χ0v) is 16.6. The Bertz CT molecular complexity index is 820. The molecule has 28 heavy (non-hydrogen) atoms. The summed E-state index contributed by atoms with van der Waals surface area (Å²) in [4.78, 5) is 19.6. The number of hydrogen-bond acceptors (Lipinski definition) is 7. The number of aromatic nitrogens is 1. The van der Waals surface area contributed by atoms with E-state index in [4.69, 9.17) is 14.2 Å². The van der Waals surface area contributed by atoms with Crippen molar-refractivity contribution >= 4 is 28.1 Å². The molecular formula is C20H24N2O5S. The Morgan fingerprint density at radius 3 is 3.00 bits per heavy atom. The lowest BCUT2D eigenvalue weighted by molar-refractivity contribution is -0.202. The second-order valence-electron chi connectivity index (χ2n) is 7.05. The molecule has 2 unspecified atom stereocenters. The number of fused-ring (bicyclic) bond motifs is 1. The minimum Gasteiger partial charge on any atom is -0.489 e.